The fourth-order valence-corrected chi connectivity index (χ4v) is 5.12. The maximum absolute atomic E-state index is 11.3. The largest absolute Gasteiger partial charge is 0.469 e. The highest BCUT2D eigenvalue weighted by Gasteiger charge is 2.16. The normalized spacial score (nSPS) is 16.6. The summed E-state index contributed by atoms with van der Waals surface area (Å²) in [6, 6.07) is 16.5. The van der Waals surface area contributed by atoms with Gasteiger partial charge in [0, 0.05) is 43.6 Å². The number of methoxy groups -OCH3 is 2. The van der Waals surface area contributed by atoms with Crippen molar-refractivity contribution in [2.45, 2.75) is 77.7 Å². The lowest BCUT2D eigenvalue weighted by Gasteiger charge is -2.29. The zero-order valence-electron chi connectivity index (χ0n) is 23.4. The van der Waals surface area contributed by atoms with Gasteiger partial charge in [0.15, 0.2) is 0 Å². The molecule has 2 saturated heterocycles. The third kappa shape index (κ3) is 10.2. The molecule has 2 heterocycles. The van der Waals surface area contributed by atoms with Crippen molar-refractivity contribution in [3.05, 3.63) is 59.7 Å². The number of hydrogen-bond donors (Lipinski definition) is 1. The van der Waals surface area contributed by atoms with Crippen molar-refractivity contribution in [2.75, 3.05) is 50.2 Å². The molecule has 2 aliphatic heterocycles. The molecule has 2 aliphatic rings. The van der Waals surface area contributed by atoms with Crippen LogP contribution in [0.2, 0.25) is 0 Å². The first-order valence-corrected chi connectivity index (χ1v) is 14.0. The quantitative estimate of drug-likeness (QED) is 0.399. The number of anilines is 2. The molecule has 0 radical (unpaired) electrons. The van der Waals surface area contributed by atoms with Crippen LogP contribution in [0.3, 0.4) is 0 Å². The number of ether oxygens (including phenoxy) is 2. The Kier molecular flexibility index (Phi) is 13.9. The van der Waals surface area contributed by atoms with E-state index in [0.717, 1.165) is 31.7 Å². The Labute approximate surface area is 235 Å². The van der Waals surface area contributed by atoms with E-state index >= 15 is 0 Å². The lowest BCUT2D eigenvalue weighted by Crippen LogP contribution is -2.29. The Morgan fingerprint density at radius 3 is 1.67 bits per heavy atom. The van der Waals surface area contributed by atoms with Crippen LogP contribution in [0.4, 0.5) is 11.4 Å². The molecule has 39 heavy (non-hydrogen) atoms. The summed E-state index contributed by atoms with van der Waals surface area (Å²) >= 11 is 0. The van der Waals surface area contributed by atoms with E-state index in [9.17, 15) is 9.59 Å². The second kappa shape index (κ2) is 16.8. The molecule has 0 unspecified atom stereocenters. The minimum Gasteiger partial charge on any atom is -0.469 e. The lowest BCUT2D eigenvalue weighted by molar-refractivity contribution is -0.141. The molecular formula is C32H49N3O4. The number of nitrogens with two attached hydrogens (primary N) is 1. The molecule has 2 N–H and O–H groups in total. The number of nitrogens with zero attached hydrogens (tertiary/aromatic N) is 2. The Bertz CT molecular complexity index is 934. The van der Waals surface area contributed by atoms with Gasteiger partial charge in [-0.15, -0.1) is 0 Å². The summed E-state index contributed by atoms with van der Waals surface area (Å²) in [4.78, 5) is 27.4. The molecule has 2 aromatic rings. The molecule has 0 aliphatic carbocycles. The van der Waals surface area contributed by atoms with Crippen molar-refractivity contribution in [1.29, 1.82) is 0 Å². The van der Waals surface area contributed by atoms with Crippen molar-refractivity contribution in [2.24, 2.45) is 5.73 Å². The maximum Gasteiger partial charge on any atom is 0.307 e. The SMILES string of the molecule is C.COC(=O)C[C@H](C)c1cccc(N2CCCCC2)c1.COC(=O)C[C@H](N)c1cccc(N2CCCCC2)c1. The Morgan fingerprint density at radius 1 is 0.744 bits per heavy atom. The number of piperidine rings is 2. The van der Waals surface area contributed by atoms with E-state index < -0.39 is 0 Å². The van der Waals surface area contributed by atoms with Gasteiger partial charge in [-0.25, -0.2) is 0 Å². The van der Waals surface area contributed by atoms with Crippen LogP contribution in [0.1, 0.15) is 88.8 Å². The first kappa shape index (κ1) is 32.2. The summed E-state index contributed by atoms with van der Waals surface area (Å²) in [5.41, 5.74) is 10.8. The van der Waals surface area contributed by atoms with Crippen LogP contribution in [0.5, 0.6) is 0 Å². The van der Waals surface area contributed by atoms with Crippen LogP contribution in [0.15, 0.2) is 48.5 Å². The van der Waals surface area contributed by atoms with Gasteiger partial charge >= 0.3 is 11.9 Å². The van der Waals surface area contributed by atoms with Gasteiger partial charge in [-0.2, -0.15) is 0 Å². The zero-order valence-corrected chi connectivity index (χ0v) is 23.4. The smallest absolute Gasteiger partial charge is 0.307 e. The van der Waals surface area contributed by atoms with Crippen molar-refractivity contribution in [3.63, 3.8) is 0 Å². The molecule has 0 spiro atoms. The van der Waals surface area contributed by atoms with Crippen LogP contribution in [-0.4, -0.2) is 52.3 Å². The fourth-order valence-electron chi connectivity index (χ4n) is 5.12. The highest BCUT2D eigenvalue weighted by Crippen LogP contribution is 2.27. The number of carbonyl (C=O) groups excluding carboxylic acids is 2. The predicted molar refractivity (Wildman–Crippen MR) is 160 cm³/mol. The third-order valence-corrected chi connectivity index (χ3v) is 7.49. The monoisotopic (exact) mass is 539 g/mol. The third-order valence-electron chi connectivity index (χ3n) is 7.49. The van der Waals surface area contributed by atoms with Gasteiger partial charge in [0.25, 0.3) is 0 Å². The molecule has 7 heteroatoms. The van der Waals surface area contributed by atoms with Crippen LogP contribution in [0, 0.1) is 0 Å². The van der Waals surface area contributed by atoms with Crippen LogP contribution in [-0.2, 0) is 19.1 Å². The number of rotatable bonds is 8. The van der Waals surface area contributed by atoms with Crippen LogP contribution >= 0.6 is 0 Å². The van der Waals surface area contributed by atoms with E-state index in [2.05, 4.69) is 57.9 Å². The van der Waals surface area contributed by atoms with Gasteiger partial charge in [0.2, 0.25) is 0 Å². The Balaban J connectivity index is 0.000000267. The summed E-state index contributed by atoms with van der Waals surface area (Å²) in [7, 11) is 2.83. The summed E-state index contributed by atoms with van der Waals surface area (Å²) < 4.78 is 9.40. The fraction of sp³-hybridized carbons (Fsp3) is 0.562. The minimum atomic E-state index is -0.294. The first-order valence-electron chi connectivity index (χ1n) is 14.0. The summed E-state index contributed by atoms with van der Waals surface area (Å²) in [5, 5.41) is 0. The number of esters is 2. The molecular weight excluding hydrogens is 490 g/mol. The molecule has 0 saturated carbocycles. The van der Waals surface area contributed by atoms with E-state index in [0.29, 0.717) is 6.42 Å². The van der Waals surface area contributed by atoms with Crippen molar-refractivity contribution in [3.8, 4) is 0 Å². The molecule has 4 rings (SSSR count). The van der Waals surface area contributed by atoms with E-state index in [1.165, 1.54) is 69.7 Å². The first-order chi connectivity index (χ1) is 18.4. The van der Waals surface area contributed by atoms with Crippen molar-refractivity contribution < 1.29 is 19.1 Å². The van der Waals surface area contributed by atoms with Gasteiger partial charge in [0.05, 0.1) is 27.1 Å². The number of hydrogen-bond acceptors (Lipinski definition) is 7. The molecule has 2 atom stereocenters. The van der Waals surface area contributed by atoms with Gasteiger partial charge in [0.1, 0.15) is 0 Å². The average molecular weight is 540 g/mol. The van der Waals surface area contributed by atoms with Crippen molar-refractivity contribution in [1.82, 2.24) is 0 Å². The molecule has 0 aromatic heterocycles. The minimum absolute atomic E-state index is 0. The van der Waals surface area contributed by atoms with E-state index in [1.807, 2.05) is 12.1 Å². The van der Waals surface area contributed by atoms with Gasteiger partial charge in [-0.1, -0.05) is 38.6 Å². The number of carbonyl (C=O) groups is 2. The molecule has 0 amide bonds. The topological polar surface area (TPSA) is 85.1 Å². The molecule has 2 fully saturated rings. The maximum atomic E-state index is 11.3. The Morgan fingerprint density at radius 2 is 1.18 bits per heavy atom. The van der Waals surface area contributed by atoms with Gasteiger partial charge < -0.3 is 25.0 Å². The zero-order chi connectivity index (χ0) is 27.3. The van der Waals surface area contributed by atoms with E-state index in [-0.39, 0.29) is 37.7 Å². The molecule has 2 aromatic carbocycles. The lowest BCUT2D eigenvalue weighted by atomic mass is 9.97. The highest BCUT2D eigenvalue weighted by atomic mass is 16.5. The second-order valence-electron chi connectivity index (χ2n) is 10.4. The van der Waals surface area contributed by atoms with Crippen LogP contribution in [0.25, 0.3) is 0 Å². The predicted octanol–water partition coefficient (Wildman–Crippen LogP) is 6.22. The highest BCUT2D eigenvalue weighted by molar-refractivity contribution is 5.71. The standard InChI is InChI=1S/C16H23NO2.C15H22N2O2.CH4/c1-13(11-16(18)19-2)14-7-6-8-15(12-14)17-9-4-3-5-10-17;1-19-15(18)11-14(16)12-6-5-7-13(10-12)17-8-3-2-4-9-17;/h6-8,12-13H,3-5,9-11H2,1-2H3;5-7,10,14H,2-4,8-9,11,16H2,1H3;1H4/t13-;14-;/m00./s1. The van der Waals surface area contributed by atoms with E-state index in [4.69, 9.17) is 10.5 Å². The van der Waals surface area contributed by atoms with Crippen LogP contribution < -0.4 is 15.5 Å². The van der Waals surface area contributed by atoms with Gasteiger partial charge in [-0.3, -0.25) is 9.59 Å². The Hall–Kier alpha value is -3.06. The molecule has 216 valence electrons. The number of benzene rings is 2. The summed E-state index contributed by atoms with van der Waals surface area (Å²) in [5.74, 6) is -0.205. The second-order valence-corrected chi connectivity index (χ2v) is 10.4. The summed E-state index contributed by atoms with van der Waals surface area (Å²) in [6.07, 6.45) is 8.38. The molecule has 0 bridgehead atoms. The average Bonchev–Trinajstić information content (AvgIpc) is 2.98. The van der Waals surface area contributed by atoms with E-state index in [1.54, 1.807) is 0 Å². The molecule has 7 nitrogen and oxygen atoms in total. The summed E-state index contributed by atoms with van der Waals surface area (Å²) in [6.45, 7) is 6.58. The van der Waals surface area contributed by atoms with Crippen molar-refractivity contribution >= 4 is 23.3 Å². The van der Waals surface area contributed by atoms with Gasteiger partial charge in [-0.05, 0) is 79.8 Å².